The smallest absolute Gasteiger partial charge is 0.548 e. The summed E-state index contributed by atoms with van der Waals surface area (Å²) in [7, 11) is 0. The average Bonchev–Trinajstić information content (AvgIpc) is 2.80. The van der Waals surface area contributed by atoms with E-state index in [9.17, 15) is 14.7 Å². The minimum Gasteiger partial charge on any atom is -0.548 e. The number of carboxylic acids is 1. The number of benzene rings is 1. The molecule has 2 N–H and O–H groups in total. The SMILES string of the molecule is CC(C)CC(=O)NC(Cc1c[nH]c2ccccc12)C(=O)[O-].[Na+]. The zero-order chi connectivity index (χ0) is 15.4. The number of carbonyl (C=O) groups excluding carboxylic acids is 2. The van der Waals surface area contributed by atoms with Crippen LogP contribution in [0.15, 0.2) is 30.5 Å². The van der Waals surface area contributed by atoms with Crippen LogP contribution in [0, 0.1) is 5.92 Å². The summed E-state index contributed by atoms with van der Waals surface area (Å²) in [4.78, 5) is 26.1. The predicted molar refractivity (Wildman–Crippen MR) is 78.4 cm³/mol. The Morgan fingerprint density at radius 3 is 2.59 bits per heavy atom. The van der Waals surface area contributed by atoms with E-state index in [1.807, 2.05) is 38.1 Å². The van der Waals surface area contributed by atoms with Crippen molar-refractivity contribution in [1.82, 2.24) is 10.3 Å². The standard InChI is InChI=1S/C16H20N2O3.Na/c1-10(2)7-15(19)18-14(16(20)21)8-11-9-17-13-6-4-3-5-12(11)13;/h3-6,9-10,14,17H,7-8H2,1-2H3,(H,18,19)(H,20,21);/q;+1/p-1. The van der Waals surface area contributed by atoms with Crippen LogP contribution < -0.4 is 40.0 Å². The zero-order valence-electron chi connectivity index (χ0n) is 13.2. The van der Waals surface area contributed by atoms with Crippen LogP contribution in [0.2, 0.25) is 0 Å². The van der Waals surface area contributed by atoms with Gasteiger partial charge >= 0.3 is 29.6 Å². The molecule has 0 radical (unpaired) electrons. The van der Waals surface area contributed by atoms with Gasteiger partial charge in [0.25, 0.3) is 0 Å². The van der Waals surface area contributed by atoms with Crippen molar-refractivity contribution in [2.45, 2.75) is 32.7 Å². The van der Waals surface area contributed by atoms with Crippen LogP contribution >= 0.6 is 0 Å². The van der Waals surface area contributed by atoms with Gasteiger partial charge in [0.1, 0.15) is 0 Å². The number of para-hydroxylation sites is 1. The molecule has 0 saturated heterocycles. The number of hydrogen-bond donors (Lipinski definition) is 2. The van der Waals surface area contributed by atoms with Gasteiger partial charge in [0, 0.05) is 29.9 Å². The normalized spacial score (nSPS) is 12.0. The predicted octanol–water partition coefficient (Wildman–Crippen LogP) is -2.00. The number of H-pyrrole nitrogens is 1. The molecular weight excluding hydrogens is 291 g/mol. The maximum absolute atomic E-state index is 11.8. The Balaban J connectivity index is 0.00000242. The number of aliphatic carboxylic acids is 1. The Morgan fingerprint density at radius 2 is 1.95 bits per heavy atom. The second kappa shape index (κ2) is 8.36. The molecule has 0 aliphatic heterocycles. The molecule has 112 valence electrons. The molecule has 22 heavy (non-hydrogen) atoms. The second-order valence-corrected chi connectivity index (χ2v) is 5.60. The third-order valence-corrected chi connectivity index (χ3v) is 3.31. The third-order valence-electron chi connectivity index (χ3n) is 3.31. The molecular formula is C16H19N2NaO3. The molecule has 0 aliphatic rings. The molecule has 6 heteroatoms. The topological polar surface area (TPSA) is 85.0 Å². The van der Waals surface area contributed by atoms with Gasteiger partial charge in [-0.25, -0.2) is 0 Å². The van der Waals surface area contributed by atoms with Crippen molar-refractivity contribution in [2.75, 3.05) is 0 Å². The molecule has 1 amide bonds. The Labute approximate surface area is 151 Å². The first-order valence-corrected chi connectivity index (χ1v) is 7.02. The van der Waals surface area contributed by atoms with Crippen molar-refractivity contribution in [2.24, 2.45) is 5.92 Å². The van der Waals surface area contributed by atoms with Gasteiger partial charge in [-0.2, -0.15) is 0 Å². The van der Waals surface area contributed by atoms with Crippen LogP contribution in [-0.2, 0) is 16.0 Å². The van der Waals surface area contributed by atoms with Crippen LogP contribution in [0.5, 0.6) is 0 Å². The van der Waals surface area contributed by atoms with Crippen LogP contribution in [0.4, 0.5) is 0 Å². The van der Waals surface area contributed by atoms with Gasteiger partial charge in [0.2, 0.25) is 5.91 Å². The van der Waals surface area contributed by atoms with Gasteiger partial charge < -0.3 is 20.2 Å². The van der Waals surface area contributed by atoms with Gasteiger partial charge in [0.05, 0.1) is 12.0 Å². The zero-order valence-corrected chi connectivity index (χ0v) is 15.2. The van der Waals surface area contributed by atoms with Crippen molar-refractivity contribution < 1.29 is 44.3 Å². The average molecular weight is 310 g/mol. The summed E-state index contributed by atoms with van der Waals surface area (Å²) in [6.45, 7) is 3.82. The van der Waals surface area contributed by atoms with Crippen LogP contribution in [0.25, 0.3) is 10.9 Å². The first-order valence-electron chi connectivity index (χ1n) is 7.02. The maximum Gasteiger partial charge on any atom is 1.00 e. The first kappa shape index (κ1) is 18.7. The summed E-state index contributed by atoms with van der Waals surface area (Å²) < 4.78 is 0. The Bertz CT molecular complexity index is 652. The van der Waals surface area contributed by atoms with Crippen LogP contribution in [0.1, 0.15) is 25.8 Å². The molecule has 0 fully saturated rings. The number of nitrogens with one attached hydrogen (secondary N) is 2. The molecule has 1 aromatic heterocycles. The summed E-state index contributed by atoms with van der Waals surface area (Å²) in [6.07, 6.45) is 2.28. The number of carbonyl (C=O) groups is 2. The first-order chi connectivity index (χ1) is 9.97. The number of amides is 1. The number of aromatic nitrogens is 1. The minimum atomic E-state index is -1.27. The summed E-state index contributed by atoms with van der Waals surface area (Å²) in [5.41, 5.74) is 1.79. The van der Waals surface area contributed by atoms with Crippen molar-refractivity contribution in [3.63, 3.8) is 0 Å². The van der Waals surface area contributed by atoms with Gasteiger partial charge in [0.15, 0.2) is 0 Å². The number of rotatable bonds is 6. The van der Waals surface area contributed by atoms with E-state index in [1.165, 1.54) is 0 Å². The summed E-state index contributed by atoms with van der Waals surface area (Å²) >= 11 is 0. The third kappa shape index (κ3) is 4.87. The largest absolute Gasteiger partial charge is 1.00 e. The minimum absolute atomic E-state index is 0. The Hall–Kier alpha value is -1.30. The van der Waals surface area contributed by atoms with Gasteiger partial charge in [-0.1, -0.05) is 32.0 Å². The van der Waals surface area contributed by atoms with Gasteiger partial charge in [-0.15, -0.1) is 0 Å². The number of aromatic amines is 1. The van der Waals surface area contributed by atoms with E-state index in [-0.39, 0.29) is 47.8 Å². The van der Waals surface area contributed by atoms with E-state index >= 15 is 0 Å². The fraction of sp³-hybridized carbons (Fsp3) is 0.375. The van der Waals surface area contributed by atoms with E-state index < -0.39 is 12.0 Å². The molecule has 0 saturated carbocycles. The molecule has 2 rings (SSSR count). The molecule has 0 aliphatic carbocycles. The Kier molecular flexibility index (Phi) is 7.13. The molecule has 0 bridgehead atoms. The molecule has 2 aromatic rings. The number of fused-ring (bicyclic) bond motifs is 1. The van der Waals surface area contributed by atoms with Gasteiger partial charge in [-0.05, 0) is 17.5 Å². The molecule has 1 aromatic carbocycles. The molecule has 1 unspecified atom stereocenters. The Morgan fingerprint density at radius 1 is 1.27 bits per heavy atom. The maximum atomic E-state index is 11.8. The molecule has 0 spiro atoms. The second-order valence-electron chi connectivity index (χ2n) is 5.60. The number of carboxylic acid groups (broad SMARTS) is 1. The van der Waals surface area contributed by atoms with E-state index in [0.29, 0.717) is 6.42 Å². The van der Waals surface area contributed by atoms with Crippen molar-refractivity contribution in [3.8, 4) is 0 Å². The van der Waals surface area contributed by atoms with Crippen molar-refractivity contribution >= 4 is 22.8 Å². The van der Waals surface area contributed by atoms with E-state index in [2.05, 4.69) is 10.3 Å². The van der Waals surface area contributed by atoms with E-state index in [4.69, 9.17) is 0 Å². The number of hydrogen-bond acceptors (Lipinski definition) is 3. The van der Waals surface area contributed by atoms with Gasteiger partial charge in [-0.3, -0.25) is 4.79 Å². The van der Waals surface area contributed by atoms with Crippen LogP contribution in [-0.4, -0.2) is 22.9 Å². The van der Waals surface area contributed by atoms with Crippen LogP contribution in [0.3, 0.4) is 0 Å². The molecule has 5 nitrogen and oxygen atoms in total. The van der Waals surface area contributed by atoms with Crippen molar-refractivity contribution in [3.05, 3.63) is 36.0 Å². The summed E-state index contributed by atoms with van der Waals surface area (Å²) in [5, 5.41) is 14.7. The molecule has 1 heterocycles. The fourth-order valence-electron chi connectivity index (χ4n) is 2.34. The molecule has 1 atom stereocenters. The summed E-state index contributed by atoms with van der Waals surface area (Å²) in [5.74, 6) is -1.35. The van der Waals surface area contributed by atoms with E-state index in [0.717, 1.165) is 16.5 Å². The quantitative estimate of drug-likeness (QED) is 0.605. The summed E-state index contributed by atoms with van der Waals surface area (Å²) in [6, 6.07) is 6.62. The van der Waals surface area contributed by atoms with Crippen molar-refractivity contribution in [1.29, 1.82) is 0 Å². The fourth-order valence-corrected chi connectivity index (χ4v) is 2.34. The monoisotopic (exact) mass is 310 g/mol. The van der Waals surface area contributed by atoms with E-state index in [1.54, 1.807) is 6.20 Å².